The van der Waals surface area contributed by atoms with Gasteiger partial charge in [0, 0.05) is 0 Å². The first-order valence-corrected chi connectivity index (χ1v) is 6.31. The summed E-state index contributed by atoms with van der Waals surface area (Å²) >= 11 is 0. The molecule has 0 aliphatic carbocycles. The molecule has 1 aromatic rings. The van der Waals surface area contributed by atoms with Gasteiger partial charge in [0.2, 0.25) is 0 Å². The molecular formula is C14H18N2O4. The van der Waals surface area contributed by atoms with E-state index in [9.17, 15) is 14.4 Å². The van der Waals surface area contributed by atoms with Crippen molar-refractivity contribution in [3.05, 3.63) is 35.9 Å². The summed E-state index contributed by atoms with van der Waals surface area (Å²) in [5.74, 6) is -1.69. The van der Waals surface area contributed by atoms with Crippen molar-refractivity contribution in [1.29, 1.82) is 0 Å². The Morgan fingerprint density at radius 2 is 1.85 bits per heavy atom. The van der Waals surface area contributed by atoms with Crippen LogP contribution in [0.15, 0.2) is 30.3 Å². The molecule has 0 aliphatic heterocycles. The predicted octanol–water partition coefficient (Wildman–Crippen LogP) is 1.31. The number of carbonyl (C=O) groups is 3. The van der Waals surface area contributed by atoms with Gasteiger partial charge < -0.3 is 10.5 Å². The number of carbonyl (C=O) groups excluding carboxylic acids is 3. The molecule has 0 heterocycles. The summed E-state index contributed by atoms with van der Waals surface area (Å²) in [6.45, 7) is 3.24. The van der Waals surface area contributed by atoms with Crippen molar-refractivity contribution in [2.75, 3.05) is 0 Å². The molecule has 6 heteroatoms. The number of urea groups is 1. The van der Waals surface area contributed by atoms with Crippen LogP contribution >= 0.6 is 0 Å². The lowest BCUT2D eigenvalue weighted by Crippen LogP contribution is -2.42. The van der Waals surface area contributed by atoms with Crippen LogP contribution in [-0.2, 0) is 14.3 Å². The molecule has 20 heavy (non-hydrogen) atoms. The lowest BCUT2D eigenvalue weighted by molar-refractivity contribution is -0.156. The van der Waals surface area contributed by atoms with Gasteiger partial charge in [0.1, 0.15) is 0 Å². The summed E-state index contributed by atoms with van der Waals surface area (Å²) in [6.07, 6.45) is -0.528. The van der Waals surface area contributed by atoms with Crippen LogP contribution < -0.4 is 11.1 Å². The maximum atomic E-state index is 12.1. The van der Waals surface area contributed by atoms with Crippen LogP contribution in [0.5, 0.6) is 0 Å². The minimum atomic E-state index is -1.08. The third-order valence-corrected chi connectivity index (χ3v) is 2.80. The number of amides is 3. The average Bonchev–Trinajstić information content (AvgIpc) is 2.39. The summed E-state index contributed by atoms with van der Waals surface area (Å²) < 4.78 is 5.06. The van der Waals surface area contributed by atoms with E-state index in [4.69, 9.17) is 10.5 Å². The van der Waals surface area contributed by atoms with E-state index in [1.807, 2.05) is 42.6 Å². The molecule has 3 N–H and O–H groups in total. The Labute approximate surface area is 117 Å². The predicted molar refractivity (Wildman–Crippen MR) is 72.8 cm³/mol. The van der Waals surface area contributed by atoms with Gasteiger partial charge in [-0.25, -0.2) is 4.79 Å². The van der Waals surface area contributed by atoms with E-state index in [1.54, 1.807) is 0 Å². The summed E-state index contributed by atoms with van der Waals surface area (Å²) in [5, 5.41) is 1.87. The first-order chi connectivity index (χ1) is 9.45. The van der Waals surface area contributed by atoms with Crippen LogP contribution in [0, 0.1) is 0 Å². The molecule has 1 aromatic carbocycles. The Kier molecular flexibility index (Phi) is 5.71. The van der Waals surface area contributed by atoms with Crippen molar-refractivity contribution < 1.29 is 19.1 Å². The van der Waals surface area contributed by atoms with E-state index in [0.29, 0.717) is 6.42 Å². The highest BCUT2D eigenvalue weighted by Gasteiger charge is 2.25. The number of ether oxygens (including phenoxy) is 1. The average molecular weight is 278 g/mol. The SMILES string of the molecule is CC[C@@H](C(=O)O[C@@H](C)C(=O)NC(N)=O)c1ccccc1. The lowest BCUT2D eigenvalue weighted by atomic mass is 9.97. The van der Waals surface area contributed by atoms with Gasteiger partial charge in [0.15, 0.2) is 6.10 Å². The van der Waals surface area contributed by atoms with Gasteiger partial charge in [-0.3, -0.25) is 14.9 Å². The van der Waals surface area contributed by atoms with Gasteiger partial charge in [-0.2, -0.15) is 0 Å². The Balaban J connectivity index is 2.69. The topological polar surface area (TPSA) is 98.5 Å². The quantitative estimate of drug-likeness (QED) is 0.793. The van der Waals surface area contributed by atoms with Crippen LogP contribution in [0.25, 0.3) is 0 Å². The Morgan fingerprint density at radius 1 is 1.25 bits per heavy atom. The van der Waals surface area contributed by atoms with Crippen molar-refractivity contribution in [2.24, 2.45) is 5.73 Å². The second-order valence-corrected chi connectivity index (χ2v) is 4.30. The molecule has 0 saturated carbocycles. The van der Waals surface area contributed by atoms with E-state index in [2.05, 4.69) is 0 Å². The monoisotopic (exact) mass is 278 g/mol. The number of rotatable bonds is 5. The Morgan fingerprint density at radius 3 is 2.35 bits per heavy atom. The van der Waals surface area contributed by atoms with Crippen molar-refractivity contribution in [2.45, 2.75) is 32.3 Å². The molecule has 1 rings (SSSR count). The Bertz CT molecular complexity index is 487. The van der Waals surface area contributed by atoms with E-state index in [1.165, 1.54) is 6.92 Å². The van der Waals surface area contributed by atoms with Crippen molar-refractivity contribution in [1.82, 2.24) is 5.32 Å². The molecule has 0 unspecified atom stereocenters. The number of nitrogens with one attached hydrogen (secondary N) is 1. The largest absolute Gasteiger partial charge is 0.452 e. The maximum Gasteiger partial charge on any atom is 0.318 e. The van der Waals surface area contributed by atoms with Crippen LogP contribution in [0.1, 0.15) is 31.7 Å². The zero-order valence-corrected chi connectivity index (χ0v) is 11.5. The zero-order valence-electron chi connectivity index (χ0n) is 11.5. The highest BCUT2D eigenvalue weighted by molar-refractivity contribution is 5.96. The summed E-state index contributed by atoms with van der Waals surface area (Å²) in [5.41, 5.74) is 5.65. The number of hydrogen-bond acceptors (Lipinski definition) is 4. The molecule has 6 nitrogen and oxygen atoms in total. The van der Waals surface area contributed by atoms with Gasteiger partial charge in [0.05, 0.1) is 5.92 Å². The minimum Gasteiger partial charge on any atom is -0.452 e. The number of hydrogen-bond donors (Lipinski definition) is 2. The first-order valence-electron chi connectivity index (χ1n) is 6.31. The van der Waals surface area contributed by atoms with Gasteiger partial charge >= 0.3 is 12.0 Å². The second-order valence-electron chi connectivity index (χ2n) is 4.30. The fourth-order valence-corrected chi connectivity index (χ4v) is 1.76. The first kappa shape index (κ1) is 15.7. The molecule has 0 spiro atoms. The van der Waals surface area contributed by atoms with Gasteiger partial charge in [0.25, 0.3) is 5.91 Å². The molecule has 0 radical (unpaired) electrons. The zero-order chi connectivity index (χ0) is 15.1. The third kappa shape index (κ3) is 4.38. The van der Waals surface area contributed by atoms with Crippen molar-refractivity contribution in [3.8, 4) is 0 Å². The van der Waals surface area contributed by atoms with Crippen molar-refractivity contribution >= 4 is 17.9 Å². The molecule has 3 amide bonds. The number of imide groups is 1. The number of benzene rings is 1. The number of nitrogens with two attached hydrogens (primary N) is 1. The molecule has 0 fully saturated rings. The molecular weight excluding hydrogens is 260 g/mol. The standard InChI is InChI=1S/C14H18N2O4/c1-3-11(10-7-5-4-6-8-10)13(18)20-9(2)12(17)16-14(15)19/h4-9,11H,3H2,1-2H3,(H3,15,16,17,19)/t9-,11+/m0/s1. The molecule has 0 aliphatic rings. The maximum absolute atomic E-state index is 12.1. The minimum absolute atomic E-state index is 0.444. The van der Waals surface area contributed by atoms with E-state index < -0.39 is 29.9 Å². The van der Waals surface area contributed by atoms with Gasteiger partial charge in [-0.05, 0) is 18.9 Å². The molecule has 0 bridgehead atoms. The van der Waals surface area contributed by atoms with Crippen LogP contribution in [0.4, 0.5) is 4.79 Å². The number of primary amides is 1. The third-order valence-electron chi connectivity index (χ3n) is 2.80. The smallest absolute Gasteiger partial charge is 0.318 e. The van der Waals surface area contributed by atoms with Gasteiger partial charge in [-0.15, -0.1) is 0 Å². The molecule has 0 aromatic heterocycles. The van der Waals surface area contributed by atoms with Crippen LogP contribution in [0.2, 0.25) is 0 Å². The number of esters is 1. The second kappa shape index (κ2) is 7.28. The highest BCUT2D eigenvalue weighted by Crippen LogP contribution is 2.21. The fraction of sp³-hybridized carbons (Fsp3) is 0.357. The lowest BCUT2D eigenvalue weighted by Gasteiger charge is -2.18. The summed E-state index contributed by atoms with van der Waals surface area (Å²) in [4.78, 5) is 34.1. The van der Waals surface area contributed by atoms with Crippen LogP contribution in [-0.4, -0.2) is 24.0 Å². The fourth-order valence-electron chi connectivity index (χ4n) is 1.76. The van der Waals surface area contributed by atoms with E-state index in [-0.39, 0.29) is 0 Å². The highest BCUT2D eigenvalue weighted by atomic mass is 16.5. The van der Waals surface area contributed by atoms with Gasteiger partial charge in [-0.1, -0.05) is 37.3 Å². The van der Waals surface area contributed by atoms with Crippen LogP contribution in [0.3, 0.4) is 0 Å². The van der Waals surface area contributed by atoms with E-state index >= 15 is 0 Å². The summed E-state index contributed by atoms with van der Waals surface area (Å²) in [7, 11) is 0. The molecule has 0 saturated heterocycles. The summed E-state index contributed by atoms with van der Waals surface area (Å²) in [6, 6.07) is 8.17. The van der Waals surface area contributed by atoms with Crippen molar-refractivity contribution in [3.63, 3.8) is 0 Å². The molecule has 108 valence electrons. The normalized spacial score (nSPS) is 13.1. The Hall–Kier alpha value is -2.37. The molecule has 2 atom stereocenters. The van der Waals surface area contributed by atoms with E-state index in [0.717, 1.165) is 5.56 Å².